The van der Waals surface area contributed by atoms with Gasteiger partial charge >= 0.3 is 6.18 Å². The molecule has 0 aliphatic heterocycles. The molecule has 1 aromatic heterocycles. The number of nitrogens with zero attached hydrogens (tertiary/aromatic N) is 3. The van der Waals surface area contributed by atoms with Crippen molar-refractivity contribution in [2.45, 2.75) is 39.4 Å². The number of aromatic nitrogens is 1. The van der Waals surface area contributed by atoms with Gasteiger partial charge in [-0.2, -0.15) is 13.2 Å². The fourth-order valence-corrected chi connectivity index (χ4v) is 3.07. The van der Waals surface area contributed by atoms with E-state index in [9.17, 15) is 13.2 Å². The van der Waals surface area contributed by atoms with E-state index in [1.807, 2.05) is 25.8 Å². The summed E-state index contributed by atoms with van der Waals surface area (Å²) in [7, 11) is 3.51. The fraction of sp³-hybridized carbons (Fsp3) is 0.474. The molecule has 0 saturated heterocycles. The smallest absolute Gasteiger partial charge is 0.361 e. The van der Waals surface area contributed by atoms with E-state index in [1.165, 1.54) is 12.1 Å². The van der Waals surface area contributed by atoms with Crippen LogP contribution in [0, 0.1) is 13.8 Å². The minimum absolute atomic E-state index is 0. The molecule has 2 aromatic rings. The number of halogens is 4. The van der Waals surface area contributed by atoms with Gasteiger partial charge in [0.25, 0.3) is 0 Å². The van der Waals surface area contributed by atoms with Crippen molar-refractivity contribution in [3.05, 3.63) is 52.4 Å². The molecule has 28 heavy (non-hydrogen) atoms. The van der Waals surface area contributed by atoms with Crippen LogP contribution in [0.15, 0.2) is 33.8 Å². The second-order valence-electron chi connectivity index (χ2n) is 6.62. The Balaban J connectivity index is 0.00000392. The van der Waals surface area contributed by atoms with Crippen molar-refractivity contribution in [2.24, 2.45) is 4.99 Å². The molecule has 0 amide bonds. The molecule has 0 bridgehead atoms. The van der Waals surface area contributed by atoms with Crippen molar-refractivity contribution in [1.29, 1.82) is 0 Å². The van der Waals surface area contributed by atoms with Crippen LogP contribution in [0.3, 0.4) is 0 Å². The monoisotopic (exact) mass is 510 g/mol. The molecular weight excluding hydrogens is 484 g/mol. The molecule has 0 aliphatic carbocycles. The van der Waals surface area contributed by atoms with Gasteiger partial charge in [-0.05, 0) is 31.5 Å². The Kier molecular flexibility index (Phi) is 8.77. The van der Waals surface area contributed by atoms with Crippen LogP contribution >= 0.6 is 24.0 Å². The van der Waals surface area contributed by atoms with Crippen molar-refractivity contribution in [3.63, 3.8) is 0 Å². The molecule has 1 aromatic carbocycles. The standard InChI is InChI=1S/C19H25F3N4O.HI/c1-12(17-13(2)25-27-14(17)3)10-24-18(23-4)26(5)11-15-6-8-16(9-7-15)19(20,21)22;/h6-9,12H,10-11H2,1-5H3,(H,23,24);1H. The van der Waals surface area contributed by atoms with Crippen LogP contribution in [0.25, 0.3) is 0 Å². The van der Waals surface area contributed by atoms with Crippen LogP contribution in [0.5, 0.6) is 0 Å². The minimum atomic E-state index is -4.32. The number of rotatable bonds is 5. The maximum atomic E-state index is 12.7. The summed E-state index contributed by atoms with van der Waals surface area (Å²) in [6.45, 7) is 6.94. The number of aryl methyl sites for hydroxylation is 2. The first-order valence-electron chi connectivity index (χ1n) is 8.64. The highest BCUT2D eigenvalue weighted by molar-refractivity contribution is 14.0. The van der Waals surface area contributed by atoms with Crippen molar-refractivity contribution in [3.8, 4) is 0 Å². The highest BCUT2D eigenvalue weighted by Crippen LogP contribution is 2.29. The lowest BCUT2D eigenvalue weighted by Gasteiger charge is -2.24. The topological polar surface area (TPSA) is 53.7 Å². The van der Waals surface area contributed by atoms with Crippen molar-refractivity contribution >= 4 is 29.9 Å². The number of hydrogen-bond acceptors (Lipinski definition) is 3. The Morgan fingerprint density at radius 3 is 2.32 bits per heavy atom. The quantitative estimate of drug-likeness (QED) is 0.359. The number of aliphatic imine (C=N–C) groups is 1. The van der Waals surface area contributed by atoms with Crippen molar-refractivity contribution in [1.82, 2.24) is 15.4 Å². The second-order valence-corrected chi connectivity index (χ2v) is 6.62. The molecule has 0 spiro atoms. The first-order valence-corrected chi connectivity index (χ1v) is 8.64. The van der Waals surface area contributed by atoms with Gasteiger partial charge in [-0.1, -0.05) is 24.2 Å². The van der Waals surface area contributed by atoms with E-state index in [1.54, 1.807) is 7.05 Å². The third kappa shape index (κ3) is 6.11. The Hall–Kier alpha value is -1.78. The lowest BCUT2D eigenvalue weighted by atomic mass is 10.00. The summed E-state index contributed by atoms with van der Waals surface area (Å²) < 4.78 is 43.2. The molecule has 0 radical (unpaired) electrons. The summed E-state index contributed by atoms with van der Waals surface area (Å²) in [5.41, 5.74) is 2.06. The Bertz CT molecular complexity index is 768. The third-order valence-electron chi connectivity index (χ3n) is 4.42. The zero-order valence-electron chi connectivity index (χ0n) is 16.6. The maximum absolute atomic E-state index is 12.7. The van der Waals surface area contributed by atoms with E-state index in [0.717, 1.165) is 34.7 Å². The maximum Gasteiger partial charge on any atom is 0.416 e. The van der Waals surface area contributed by atoms with E-state index in [0.29, 0.717) is 19.0 Å². The van der Waals surface area contributed by atoms with Crippen LogP contribution in [0.2, 0.25) is 0 Å². The lowest BCUT2D eigenvalue weighted by molar-refractivity contribution is -0.137. The predicted molar refractivity (Wildman–Crippen MR) is 114 cm³/mol. The molecule has 0 fully saturated rings. The average molecular weight is 510 g/mol. The van der Waals surface area contributed by atoms with Crippen LogP contribution < -0.4 is 5.32 Å². The highest BCUT2D eigenvalue weighted by Gasteiger charge is 2.30. The van der Waals surface area contributed by atoms with E-state index >= 15 is 0 Å². The van der Waals surface area contributed by atoms with Crippen LogP contribution in [0.1, 0.15) is 41.0 Å². The number of guanidine groups is 1. The van der Waals surface area contributed by atoms with Crippen molar-refractivity contribution in [2.75, 3.05) is 20.6 Å². The molecule has 1 unspecified atom stereocenters. The third-order valence-corrected chi connectivity index (χ3v) is 4.42. The van der Waals surface area contributed by atoms with Gasteiger partial charge in [0.15, 0.2) is 5.96 Å². The minimum Gasteiger partial charge on any atom is -0.361 e. The normalized spacial score (nSPS) is 13.1. The largest absolute Gasteiger partial charge is 0.416 e. The predicted octanol–water partition coefficient (Wildman–Crippen LogP) is 4.74. The first kappa shape index (κ1) is 24.3. The molecule has 0 aliphatic rings. The number of alkyl halides is 3. The van der Waals surface area contributed by atoms with E-state index in [4.69, 9.17) is 4.52 Å². The molecule has 1 N–H and O–H groups in total. The Morgan fingerprint density at radius 2 is 1.86 bits per heavy atom. The second kappa shape index (κ2) is 10.1. The summed E-state index contributed by atoms with van der Waals surface area (Å²) in [6.07, 6.45) is -4.32. The Morgan fingerprint density at radius 1 is 1.25 bits per heavy atom. The zero-order chi connectivity index (χ0) is 20.2. The van der Waals surface area contributed by atoms with Gasteiger partial charge in [0.2, 0.25) is 0 Å². The first-order chi connectivity index (χ1) is 12.6. The molecule has 0 saturated carbocycles. The van der Waals surface area contributed by atoms with Gasteiger partial charge in [0.1, 0.15) is 5.76 Å². The van der Waals surface area contributed by atoms with Gasteiger partial charge in [0.05, 0.1) is 11.3 Å². The van der Waals surface area contributed by atoms with Crippen LogP contribution in [-0.2, 0) is 12.7 Å². The van der Waals surface area contributed by atoms with Crippen LogP contribution in [-0.4, -0.2) is 36.7 Å². The fourth-order valence-electron chi connectivity index (χ4n) is 3.07. The molecule has 5 nitrogen and oxygen atoms in total. The van der Waals surface area contributed by atoms with Gasteiger partial charge in [-0.15, -0.1) is 24.0 Å². The van der Waals surface area contributed by atoms with Gasteiger partial charge < -0.3 is 14.7 Å². The summed E-state index contributed by atoms with van der Waals surface area (Å²) in [6, 6.07) is 5.16. The number of hydrogen-bond donors (Lipinski definition) is 1. The molecule has 2 rings (SSSR count). The lowest BCUT2D eigenvalue weighted by Crippen LogP contribution is -2.40. The summed E-state index contributed by atoms with van der Waals surface area (Å²) in [4.78, 5) is 6.12. The molecule has 156 valence electrons. The van der Waals surface area contributed by atoms with Gasteiger partial charge in [0, 0.05) is 38.7 Å². The zero-order valence-corrected chi connectivity index (χ0v) is 18.9. The number of nitrogens with one attached hydrogen (secondary N) is 1. The number of benzene rings is 1. The Labute approximate surface area is 180 Å². The van der Waals surface area contributed by atoms with E-state index < -0.39 is 11.7 Å². The summed E-state index contributed by atoms with van der Waals surface area (Å²) in [5, 5.41) is 7.27. The molecular formula is C19H26F3IN4O. The van der Waals surface area contributed by atoms with E-state index in [-0.39, 0.29) is 29.9 Å². The average Bonchev–Trinajstić information content (AvgIpc) is 2.93. The SMILES string of the molecule is CN=C(NCC(C)c1c(C)noc1C)N(C)Cc1ccc(C(F)(F)F)cc1.I. The van der Waals surface area contributed by atoms with E-state index in [2.05, 4.69) is 22.4 Å². The van der Waals surface area contributed by atoms with Crippen LogP contribution in [0.4, 0.5) is 13.2 Å². The van der Waals surface area contributed by atoms with Gasteiger partial charge in [-0.3, -0.25) is 4.99 Å². The highest BCUT2D eigenvalue weighted by atomic mass is 127. The molecule has 1 heterocycles. The summed E-state index contributed by atoms with van der Waals surface area (Å²) >= 11 is 0. The van der Waals surface area contributed by atoms with Gasteiger partial charge in [-0.25, -0.2) is 0 Å². The molecule has 9 heteroatoms. The molecule has 1 atom stereocenters. The summed E-state index contributed by atoms with van der Waals surface area (Å²) in [5.74, 6) is 1.64. The van der Waals surface area contributed by atoms with Crippen molar-refractivity contribution < 1.29 is 17.7 Å².